The number of fused-ring (bicyclic) bond motifs is 1. The average molecular weight is 484 g/mol. The van der Waals surface area contributed by atoms with Crippen LogP contribution in [0.15, 0.2) is 65.8 Å². The molecule has 2 heterocycles. The molecule has 0 bridgehead atoms. The van der Waals surface area contributed by atoms with Crippen molar-refractivity contribution in [1.82, 2.24) is 19.2 Å². The predicted octanol–water partition coefficient (Wildman–Crippen LogP) is 1.51. The van der Waals surface area contributed by atoms with E-state index in [0.29, 0.717) is 5.95 Å². The van der Waals surface area contributed by atoms with Gasteiger partial charge < -0.3 is 15.0 Å². The number of rotatable bonds is 8. The second kappa shape index (κ2) is 10.6. The number of carbonyl (C=O) groups is 2. The van der Waals surface area contributed by atoms with Gasteiger partial charge in [0.1, 0.15) is 0 Å². The van der Waals surface area contributed by atoms with E-state index in [2.05, 4.69) is 15.3 Å². The fraction of sp³-hybridized carbons (Fsp3) is 0.304. The molecule has 0 radical (unpaired) electrons. The lowest BCUT2D eigenvalue weighted by atomic mass is 10.1. The molecule has 0 spiro atoms. The normalized spacial score (nSPS) is 14.6. The third kappa shape index (κ3) is 5.67. The van der Waals surface area contributed by atoms with Crippen molar-refractivity contribution in [2.24, 2.45) is 0 Å². The van der Waals surface area contributed by atoms with Gasteiger partial charge in [-0.25, -0.2) is 18.4 Å². The van der Waals surface area contributed by atoms with Crippen LogP contribution in [0.25, 0.3) is 10.8 Å². The third-order valence-electron chi connectivity index (χ3n) is 5.48. The smallest absolute Gasteiger partial charge is 0.308 e. The number of piperazine rings is 1. The Kier molecular flexibility index (Phi) is 7.33. The maximum Gasteiger partial charge on any atom is 0.308 e. The first kappa shape index (κ1) is 23.6. The summed E-state index contributed by atoms with van der Waals surface area (Å²) in [6, 6.07) is 14.3. The van der Waals surface area contributed by atoms with Crippen molar-refractivity contribution in [1.29, 1.82) is 0 Å². The molecule has 2 aromatic carbocycles. The lowest BCUT2D eigenvalue weighted by Crippen LogP contribution is -2.51. The molecule has 11 heteroatoms. The number of anilines is 1. The number of sulfonamides is 1. The highest BCUT2D eigenvalue weighted by Crippen LogP contribution is 2.22. The summed E-state index contributed by atoms with van der Waals surface area (Å²) in [7, 11) is -3.67. The van der Waals surface area contributed by atoms with Gasteiger partial charge >= 0.3 is 5.97 Å². The number of nitrogens with one attached hydrogen (secondary N) is 1. The summed E-state index contributed by atoms with van der Waals surface area (Å²) in [4.78, 5) is 34.0. The molecule has 0 atom stereocenters. The molecule has 1 saturated heterocycles. The number of carbonyl (C=O) groups excluding carboxylic acids is 2. The van der Waals surface area contributed by atoms with E-state index in [4.69, 9.17) is 4.74 Å². The minimum absolute atomic E-state index is 0.0588. The van der Waals surface area contributed by atoms with Gasteiger partial charge in [0.15, 0.2) is 6.61 Å². The molecular weight excluding hydrogens is 458 g/mol. The molecule has 3 aromatic rings. The molecule has 1 aliphatic heterocycles. The van der Waals surface area contributed by atoms with Crippen LogP contribution in [0.4, 0.5) is 5.95 Å². The van der Waals surface area contributed by atoms with Gasteiger partial charge in [0, 0.05) is 45.1 Å². The van der Waals surface area contributed by atoms with Gasteiger partial charge in [0.2, 0.25) is 16.0 Å². The van der Waals surface area contributed by atoms with Crippen LogP contribution in [0.1, 0.15) is 6.42 Å². The number of esters is 1. The van der Waals surface area contributed by atoms with E-state index in [-0.39, 0.29) is 56.6 Å². The highest BCUT2D eigenvalue weighted by molar-refractivity contribution is 7.89. The lowest BCUT2D eigenvalue weighted by Gasteiger charge is -2.33. The Morgan fingerprint density at radius 3 is 2.38 bits per heavy atom. The standard InChI is InChI=1S/C23H25N5O5S/c29-21(17-33-22(30)8-11-26-23-24-9-3-10-25-23)27-12-14-28(15-13-27)34(31,32)20-7-6-18-4-1-2-5-19(18)16-20/h1-7,9-10,16H,8,11-15,17H2,(H,24,25,26). The van der Waals surface area contributed by atoms with Crippen molar-refractivity contribution in [2.75, 3.05) is 44.6 Å². The Morgan fingerprint density at radius 1 is 0.941 bits per heavy atom. The molecule has 1 aliphatic rings. The van der Waals surface area contributed by atoms with Crippen LogP contribution >= 0.6 is 0 Å². The zero-order chi connectivity index (χ0) is 24.0. The highest BCUT2D eigenvalue weighted by atomic mass is 32.2. The SMILES string of the molecule is O=C(CCNc1ncccn1)OCC(=O)N1CCN(S(=O)(=O)c2ccc3ccccc3c2)CC1. The van der Waals surface area contributed by atoms with Crippen LogP contribution in [-0.4, -0.2) is 78.8 Å². The summed E-state index contributed by atoms with van der Waals surface area (Å²) in [5.41, 5.74) is 0. The van der Waals surface area contributed by atoms with Crippen LogP contribution in [0, 0.1) is 0 Å². The van der Waals surface area contributed by atoms with E-state index in [9.17, 15) is 18.0 Å². The minimum Gasteiger partial charge on any atom is -0.456 e. The third-order valence-corrected chi connectivity index (χ3v) is 7.38. The highest BCUT2D eigenvalue weighted by Gasteiger charge is 2.30. The van der Waals surface area contributed by atoms with Crippen molar-refractivity contribution < 1.29 is 22.7 Å². The molecule has 0 unspecified atom stereocenters. The number of benzene rings is 2. The molecule has 1 amide bonds. The molecule has 1 aromatic heterocycles. The van der Waals surface area contributed by atoms with E-state index in [1.165, 1.54) is 9.21 Å². The summed E-state index contributed by atoms with van der Waals surface area (Å²) < 4.78 is 32.6. The van der Waals surface area contributed by atoms with E-state index in [0.717, 1.165) is 10.8 Å². The van der Waals surface area contributed by atoms with E-state index in [1.54, 1.807) is 36.7 Å². The predicted molar refractivity (Wildman–Crippen MR) is 125 cm³/mol. The first-order valence-corrected chi connectivity index (χ1v) is 12.3. The van der Waals surface area contributed by atoms with Crippen LogP contribution in [-0.2, 0) is 24.3 Å². The molecule has 178 valence electrons. The van der Waals surface area contributed by atoms with E-state index >= 15 is 0 Å². The van der Waals surface area contributed by atoms with Crippen LogP contribution in [0.5, 0.6) is 0 Å². The average Bonchev–Trinajstić information content (AvgIpc) is 2.87. The minimum atomic E-state index is -3.67. The topological polar surface area (TPSA) is 122 Å². The zero-order valence-corrected chi connectivity index (χ0v) is 19.3. The first-order valence-electron chi connectivity index (χ1n) is 10.9. The molecule has 4 rings (SSSR count). The molecule has 1 N–H and O–H groups in total. The lowest BCUT2D eigenvalue weighted by molar-refractivity contribution is -0.152. The molecule has 34 heavy (non-hydrogen) atoms. The number of amides is 1. The van der Waals surface area contributed by atoms with Gasteiger partial charge in [0.25, 0.3) is 5.91 Å². The number of hydrogen-bond donors (Lipinski definition) is 1. The number of aromatic nitrogens is 2. The second-order valence-corrected chi connectivity index (χ2v) is 9.64. The molecule has 10 nitrogen and oxygen atoms in total. The van der Waals surface area contributed by atoms with Gasteiger partial charge in [-0.15, -0.1) is 0 Å². The monoisotopic (exact) mass is 483 g/mol. The van der Waals surface area contributed by atoms with E-state index in [1.807, 2.05) is 24.3 Å². The van der Waals surface area contributed by atoms with E-state index < -0.39 is 16.0 Å². The summed E-state index contributed by atoms with van der Waals surface area (Å²) in [5, 5.41) is 4.71. The summed E-state index contributed by atoms with van der Waals surface area (Å²) >= 11 is 0. The molecule has 0 aliphatic carbocycles. The fourth-order valence-corrected chi connectivity index (χ4v) is 5.09. The Balaban J connectivity index is 1.23. The largest absolute Gasteiger partial charge is 0.456 e. The summed E-state index contributed by atoms with van der Waals surface area (Å²) in [6.07, 6.45) is 3.22. The quantitative estimate of drug-likeness (QED) is 0.479. The summed E-state index contributed by atoms with van der Waals surface area (Å²) in [5.74, 6) is -0.465. The van der Waals surface area contributed by atoms with Gasteiger partial charge in [-0.1, -0.05) is 30.3 Å². The van der Waals surface area contributed by atoms with Crippen molar-refractivity contribution in [3.05, 3.63) is 60.9 Å². The first-order chi connectivity index (χ1) is 16.4. The molecular formula is C23H25N5O5S. The Labute approximate surface area is 197 Å². The molecule has 1 fully saturated rings. The maximum absolute atomic E-state index is 13.1. The second-order valence-electron chi connectivity index (χ2n) is 7.70. The van der Waals surface area contributed by atoms with Crippen LogP contribution in [0.3, 0.4) is 0 Å². The number of hydrogen-bond acceptors (Lipinski definition) is 8. The summed E-state index contributed by atoms with van der Waals surface area (Å²) in [6.45, 7) is 0.721. The van der Waals surface area contributed by atoms with Gasteiger partial charge in [-0.2, -0.15) is 4.31 Å². The maximum atomic E-state index is 13.1. The number of nitrogens with zero attached hydrogens (tertiary/aromatic N) is 4. The van der Waals surface area contributed by atoms with Gasteiger partial charge in [-0.05, 0) is 29.0 Å². The van der Waals surface area contributed by atoms with Crippen LogP contribution in [0.2, 0.25) is 0 Å². The fourth-order valence-electron chi connectivity index (χ4n) is 3.63. The van der Waals surface area contributed by atoms with Crippen molar-refractivity contribution in [3.63, 3.8) is 0 Å². The van der Waals surface area contributed by atoms with Crippen molar-refractivity contribution in [2.45, 2.75) is 11.3 Å². The van der Waals surface area contributed by atoms with Gasteiger partial charge in [0.05, 0.1) is 11.3 Å². The van der Waals surface area contributed by atoms with Gasteiger partial charge in [-0.3, -0.25) is 9.59 Å². The number of ether oxygens (including phenoxy) is 1. The Morgan fingerprint density at radius 2 is 1.65 bits per heavy atom. The zero-order valence-electron chi connectivity index (χ0n) is 18.5. The molecule has 0 saturated carbocycles. The Hall–Kier alpha value is -3.57. The van der Waals surface area contributed by atoms with Crippen molar-refractivity contribution >= 4 is 38.6 Å². The Bertz CT molecular complexity index is 1260. The van der Waals surface area contributed by atoms with Crippen molar-refractivity contribution in [3.8, 4) is 0 Å². The van der Waals surface area contributed by atoms with Crippen LogP contribution < -0.4 is 5.32 Å².